The van der Waals surface area contributed by atoms with Crippen LogP contribution in [0.3, 0.4) is 0 Å². The molecular weight excluding hydrogens is 152 g/mol. The van der Waals surface area contributed by atoms with Crippen molar-refractivity contribution in [2.45, 2.75) is 40.0 Å². The lowest BCUT2D eigenvalue weighted by Gasteiger charge is -2.00. The van der Waals surface area contributed by atoms with E-state index in [0.29, 0.717) is 0 Å². The quantitative estimate of drug-likeness (QED) is 0.441. The van der Waals surface area contributed by atoms with Crippen molar-refractivity contribution in [3.63, 3.8) is 0 Å². The van der Waals surface area contributed by atoms with Gasteiger partial charge < -0.3 is 4.43 Å². The normalized spacial score (nSPS) is 10.8. The first-order chi connectivity index (χ1) is 5.35. The van der Waals surface area contributed by atoms with Crippen molar-refractivity contribution < 1.29 is 4.43 Å². The summed E-state index contributed by atoms with van der Waals surface area (Å²) in [7, 11) is -0.331. The topological polar surface area (TPSA) is 9.23 Å². The van der Waals surface area contributed by atoms with E-state index in [4.69, 9.17) is 4.43 Å². The van der Waals surface area contributed by atoms with Gasteiger partial charge in [-0.05, 0) is 19.3 Å². The molecule has 0 fully saturated rings. The maximum Gasteiger partial charge on any atom is 0.185 e. The molecule has 0 aromatic carbocycles. The van der Waals surface area contributed by atoms with Crippen LogP contribution in [0, 0.1) is 0 Å². The minimum absolute atomic E-state index is 0.331. The van der Waals surface area contributed by atoms with Crippen LogP contribution in [0.5, 0.6) is 0 Å². The van der Waals surface area contributed by atoms with Crippen LogP contribution >= 0.6 is 0 Å². The molecule has 0 N–H and O–H groups in total. The summed E-state index contributed by atoms with van der Waals surface area (Å²) in [6, 6.07) is 0. The lowest BCUT2D eigenvalue weighted by atomic mass is 10.2. The van der Waals surface area contributed by atoms with Crippen molar-refractivity contribution in [1.29, 1.82) is 0 Å². The van der Waals surface area contributed by atoms with Gasteiger partial charge in [-0.25, -0.2) is 0 Å². The molecule has 0 heterocycles. The highest BCUT2D eigenvalue weighted by atomic mass is 28.2. The fourth-order valence-corrected chi connectivity index (χ4v) is 2.33. The van der Waals surface area contributed by atoms with Crippen LogP contribution < -0.4 is 0 Å². The van der Waals surface area contributed by atoms with Gasteiger partial charge in [0.25, 0.3) is 0 Å². The summed E-state index contributed by atoms with van der Waals surface area (Å²) in [5.41, 5.74) is 3.91. The van der Waals surface area contributed by atoms with Gasteiger partial charge in [-0.15, -0.1) is 0 Å². The molecule has 0 bridgehead atoms. The van der Waals surface area contributed by atoms with Gasteiger partial charge >= 0.3 is 0 Å². The predicted molar refractivity (Wildman–Crippen MR) is 53.5 cm³/mol. The SMILES string of the molecule is CCCO[SiH2]C=C(CC)CC. The molecule has 0 radical (unpaired) electrons. The molecule has 11 heavy (non-hydrogen) atoms. The average molecular weight is 172 g/mol. The molecule has 0 atom stereocenters. The molecule has 0 amide bonds. The molecule has 0 aromatic heterocycles. The number of hydrogen-bond acceptors (Lipinski definition) is 1. The maximum absolute atomic E-state index is 5.48. The van der Waals surface area contributed by atoms with Gasteiger partial charge in [0, 0.05) is 6.61 Å². The number of allylic oxidation sites excluding steroid dienone is 1. The van der Waals surface area contributed by atoms with E-state index in [0.717, 1.165) is 13.0 Å². The Morgan fingerprint density at radius 3 is 2.36 bits per heavy atom. The Morgan fingerprint density at radius 2 is 1.91 bits per heavy atom. The van der Waals surface area contributed by atoms with E-state index in [1.165, 1.54) is 12.8 Å². The predicted octanol–water partition coefficient (Wildman–Crippen LogP) is 2.20. The number of hydrogen-bond donors (Lipinski definition) is 0. The highest BCUT2D eigenvalue weighted by molar-refractivity contribution is 6.34. The van der Waals surface area contributed by atoms with Crippen molar-refractivity contribution in [2.75, 3.05) is 6.61 Å². The van der Waals surface area contributed by atoms with Gasteiger partial charge in [0.05, 0.1) is 0 Å². The Balaban J connectivity index is 3.37. The van der Waals surface area contributed by atoms with Gasteiger partial charge in [-0.2, -0.15) is 0 Å². The van der Waals surface area contributed by atoms with Crippen molar-refractivity contribution in [2.24, 2.45) is 0 Å². The molecule has 2 heteroatoms. The Bertz CT molecular complexity index is 104. The van der Waals surface area contributed by atoms with Crippen molar-refractivity contribution >= 4 is 9.76 Å². The molecule has 0 saturated heterocycles. The summed E-state index contributed by atoms with van der Waals surface area (Å²) in [4.78, 5) is 0. The summed E-state index contributed by atoms with van der Waals surface area (Å²) in [5, 5.41) is 0. The molecule has 66 valence electrons. The number of rotatable bonds is 6. The third-order valence-electron chi connectivity index (χ3n) is 1.75. The second-order valence-electron chi connectivity index (χ2n) is 2.64. The van der Waals surface area contributed by atoms with E-state index < -0.39 is 0 Å². The van der Waals surface area contributed by atoms with Crippen molar-refractivity contribution in [1.82, 2.24) is 0 Å². The summed E-state index contributed by atoms with van der Waals surface area (Å²) in [6.45, 7) is 7.52. The van der Waals surface area contributed by atoms with Crippen molar-refractivity contribution in [3.05, 3.63) is 11.3 Å². The smallest absolute Gasteiger partial charge is 0.185 e. The summed E-state index contributed by atoms with van der Waals surface area (Å²) in [5.74, 6) is 0. The van der Waals surface area contributed by atoms with Gasteiger partial charge in [0.1, 0.15) is 0 Å². The lowest BCUT2D eigenvalue weighted by Crippen LogP contribution is -1.97. The van der Waals surface area contributed by atoms with Crippen LogP contribution in [0.4, 0.5) is 0 Å². The van der Waals surface area contributed by atoms with E-state index in [1.54, 1.807) is 5.57 Å². The third kappa shape index (κ3) is 6.32. The first kappa shape index (κ1) is 10.9. The minimum Gasteiger partial charge on any atom is -0.419 e. The second kappa shape index (κ2) is 8.02. The second-order valence-corrected chi connectivity index (χ2v) is 3.79. The molecule has 0 rings (SSSR count). The fourth-order valence-electron chi connectivity index (χ4n) is 0.943. The van der Waals surface area contributed by atoms with E-state index in [-0.39, 0.29) is 9.76 Å². The average Bonchev–Trinajstić information content (AvgIpc) is 2.05. The van der Waals surface area contributed by atoms with Gasteiger partial charge in [-0.1, -0.05) is 32.0 Å². The molecule has 0 spiro atoms. The largest absolute Gasteiger partial charge is 0.419 e. The Hall–Kier alpha value is -0.0831. The van der Waals surface area contributed by atoms with Gasteiger partial charge in [0.2, 0.25) is 0 Å². The Labute approximate surface area is 72.8 Å². The van der Waals surface area contributed by atoms with Crippen LogP contribution in [-0.4, -0.2) is 16.4 Å². The molecule has 0 aromatic rings. The summed E-state index contributed by atoms with van der Waals surface area (Å²) < 4.78 is 5.48. The molecule has 0 unspecified atom stereocenters. The first-order valence-electron chi connectivity index (χ1n) is 4.60. The Kier molecular flexibility index (Phi) is 7.96. The molecule has 0 aliphatic heterocycles. The molecule has 0 aliphatic carbocycles. The highest BCUT2D eigenvalue weighted by Crippen LogP contribution is 2.03. The van der Waals surface area contributed by atoms with E-state index in [1.807, 2.05) is 0 Å². The van der Waals surface area contributed by atoms with Crippen LogP contribution in [0.1, 0.15) is 40.0 Å². The zero-order valence-electron chi connectivity index (χ0n) is 8.02. The van der Waals surface area contributed by atoms with Crippen LogP contribution in [0.2, 0.25) is 0 Å². The standard InChI is InChI=1S/C9H20OSi/c1-4-7-10-11-8-9(5-2)6-3/h8H,4-7,11H2,1-3H3. The van der Waals surface area contributed by atoms with Crippen LogP contribution in [0.25, 0.3) is 0 Å². The monoisotopic (exact) mass is 172 g/mol. The summed E-state index contributed by atoms with van der Waals surface area (Å²) >= 11 is 0. The van der Waals surface area contributed by atoms with Crippen LogP contribution in [-0.2, 0) is 4.43 Å². The molecular formula is C9H20OSi. The molecule has 0 saturated carbocycles. The third-order valence-corrected chi connectivity index (χ3v) is 3.01. The first-order valence-corrected chi connectivity index (χ1v) is 6.00. The van der Waals surface area contributed by atoms with E-state index in [2.05, 4.69) is 26.5 Å². The Morgan fingerprint density at radius 1 is 1.27 bits per heavy atom. The van der Waals surface area contributed by atoms with Crippen LogP contribution in [0.15, 0.2) is 11.3 Å². The van der Waals surface area contributed by atoms with Crippen molar-refractivity contribution in [3.8, 4) is 0 Å². The molecule has 1 nitrogen and oxygen atoms in total. The van der Waals surface area contributed by atoms with E-state index in [9.17, 15) is 0 Å². The zero-order valence-corrected chi connectivity index (χ0v) is 9.44. The highest BCUT2D eigenvalue weighted by Gasteiger charge is 1.89. The molecule has 0 aliphatic rings. The van der Waals surface area contributed by atoms with E-state index >= 15 is 0 Å². The maximum atomic E-state index is 5.48. The fraction of sp³-hybridized carbons (Fsp3) is 0.778. The van der Waals surface area contributed by atoms with Gasteiger partial charge in [0.15, 0.2) is 9.76 Å². The lowest BCUT2D eigenvalue weighted by molar-refractivity contribution is 0.340. The minimum atomic E-state index is -0.331. The van der Waals surface area contributed by atoms with Gasteiger partial charge in [-0.3, -0.25) is 0 Å². The summed E-state index contributed by atoms with van der Waals surface area (Å²) in [6.07, 6.45) is 3.53. The zero-order chi connectivity index (χ0) is 8.53.